The number of carbonyl (C=O) groups is 1. The summed E-state index contributed by atoms with van der Waals surface area (Å²) in [5.41, 5.74) is 0.651. The van der Waals surface area contributed by atoms with Crippen LogP contribution < -0.4 is 5.32 Å². The van der Waals surface area contributed by atoms with Crippen molar-refractivity contribution < 1.29 is 4.79 Å². The van der Waals surface area contributed by atoms with Crippen molar-refractivity contribution in [3.8, 4) is 5.82 Å². The molecule has 2 fully saturated rings. The third kappa shape index (κ3) is 2.80. The maximum Gasteiger partial charge on any atom is 0.256 e. The van der Waals surface area contributed by atoms with Crippen LogP contribution >= 0.6 is 0 Å². The molecule has 5 heteroatoms. The minimum atomic E-state index is 0.00473. The molecule has 2 saturated carbocycles. The van der Waals surface area contributed by atoms with E-state index in [0.717, 1.165) is 18.2 Å². The molecule has 0 unspecified atom stereocenters. The average Bonchev–Trinajstić information content (AvgIpc) is 2.97. The standard InChI is InChI=1S/C18H24N4O/c1-21-18(22-9-5-6-10-22)15(12-19-21)17(23)20-16-11-14(16)13-7-3-2-4-8-13/h5-6,9-10,12-14,16H,2-4,7-8,11H2,1H3,(H,20,23)/t14-,16+/m0/s1. The van der Waals surface area contributed by atoms with E-state index in [2.05, 4.69) is 10.4 Å². The maximum atomic E-state index is 12.7. The number of rotatable bonds is 4. The second-order valence-corrected chi connectivity index (χ2v) is 6.97. The lowest BCUT2D eigenvalue weighted by Gasteiger charge is -2.21. The normalized spacial score (nSPS) is 24.6. The number of nitrogens with one attached hydrogen (secondary N) is 1. The monoisotopic (exact) mass is 312 g/mol. The molecule has 4 rings (SSSR count). The Morgan fingerprint density at radius 1 is 1.22 bits per heavy atom. The van der Waals surface area contributed by atoms with Gasteiger partial charge in [0, 0.05) is 25.5 Å². The average molecular weight is 312 g/mol. The molecule has 1 N–H and O–H groups in total. The first kappa shape index (κ1) is 14.5. The summed E-state index contributed by atoms with van der Waals surface area (Å²) < 4.78 is 3.69. The number of hydrogen-bond donors (Lipinski definition) is 1. The summed E-state index contributed by atoms with van der Waals surface area (Å²) in [4.78, 5) is 12.7. The van der Waals surface area contributed by atoms with E-state index in [1.807, 2.05) is 36.1 Å². The molecule has 0 radical (unpaired) electrons. The second kappa shape index (κ2) is 5.87. The molecular weight excluding hydrogens is 288 g/mol. The fourth-order valence-corrected chi connectivity index (χ4v) is 4.08. The van der Waals surface area contributed by atoms with Crippen LogP contribution in [0.4, 0.5) is 0 Å². The van der Waals surface area contributed by atoms with Crippen LogP contribution in [0.25, 0.3) is 5.82 Å². The highest BCUT2D eigenvalue weighted by Gasteiger charge is 2.44. The van der Waals surface area contributed by atoms with E-state index in [9.17, 15) is 4.79 Å². The Kier molecular flexibility index (Phi) is 3.71. The highest BCUT2D eigenvalue weighted by Crippen LogP contribution is 2.44. The first-order valence-corrected chi connectivity index (χ1v) is 8.70. The first-order chi connectivity index (χ1) is 11.2. The van der Waals surface area contributed by atoms with Gasteiger partial charge in [-0.15, -0.1) is 0 Å². The summed E-state index contributed by atoms with van der Waals surface area (Å²) in [7, 11) is 1.87. The van der Waals surface area contributed by atoms with Gasteiger partial charge in [0.25, 0.3) is 5.91 Å². The van der Waals surface area contributed by atoms with Gasteiger partial charge in [-0.25, -0.2) is 0 Å². The van der Waals surface area contributed by atoms with Gasteiger partial charge < -0.3 is 9.88 Å². The van der Waals surface area contributed by atoms with Crippen molar-refractivity contribution in [2.45, 2.75) is 44.6 Å². The van der Waals surface area contributed by atoms with Crippen LogP contribution in [0.15, 0.2) is 30.7 Å². The molecule has 2 atom stereocenters. The summed E-state index contributed by atoms with van der Waals surface area (Å²) in [5.74, 6) is 2.35. The van der Waals surface area contributed by atoms with E-state index in [-0.39, 0.29) is 5.91 Å². The largest absolute Gasteiger partial charge is 0.349 e. The summed E-state index contributed by atoms with van der Waals surface area (Å²) in [6.07, 6.45) is 13.5. The topological polar surface area (TPSA) is 51.9 Å². The van der Waals surface area contributed by atoms with Gasteiger partial charge in [0.05, 0.1) is 6.20 Å². The summed E-state index contributed by atoms with van der Waals surface area (Å²) in [6, 6.07) is 4.27. The maximum absolute atomic E-state index is 12.7. The molecule has 122 valence electrons. The third-order valence-corrected chi connectivity index (χ3v) is 5.41. The number of carbonyl (C=O) groups excluding carboxylic acids is 1. The molecule has 0 saturated heterocycles. The van der Waals surface area contributed by atoms with E-state index < -0.39 is 0 Å². The zero-order chi connectivity index (χ0) is 15.8. The molecule has 0 aliphatic heterocycles. The second-order valence-electron chi connectivity index (χ2n) is 6.97. The van der Waals surface area contributed by atoms with Crippen LogP contribution in [0.2, 0.25) is 0 Å². The van der Waals surface area contributed by atoms with Gasteiger partial charge in [-0.1, -0.05) is 32.1 Å². The summed E-state index contributed by atoms with van der Waals surface area (Å²) in [5, 5.41) is 7.49. The molecule has 2 aliphatic rings. The predicted molar refractivity (Wildman–Crippen MR) is 88.5 cm³/mol. The van der Waals surface area contributed by atoms with Crippen molar-refractivity contribution in [3.05, 3.63) is 36.3 Å². The molecule has 0 aromatic carbocycles. The number of amides is 1. The molecule has 1 amide bonds. The Morgan fingerprint density at radius 3 is 2.70 bits per heavy atom. The van der Waals surface area contributed by atoms with Gasteiger partial charge in [-0.05, 0) is 30.4 Å². The van der Waals surface area contributed by atoms with Crippen LogP contribution in [-0.4, -0.2) is 26.3 Å². The molecule has 2 heterocycles. The predicted octanol–water partition coefficient (Wildman–Crippen LogP) is 2.91. The van der Waals surface area contributed by atoms with E-state index in [1.54, 1.807) is 10.9 Å². The minimum absolute atomic E-state index is 0.00473. The molecule has 23 heavy (non-hydrogen) atoms. The lowest BCUT2D eigenvalue weighted by atomic mass is 9.85. The van der Waals surface area contributed by atoms with Crippen molar-refractivity contribution >= 4 is 5.91 Å². The van der Waals surface area contributed by atoms with Gasteiger partial charge in [0.1, 0.15) is 11.4 Å². The van der Waals surface area contributed by atoms with Gasteiger partial charge in [0.2, 0.25) is 0 Å². The molecule has 0 bridgehead atoms. The van der Waals surface area contributed by atoms with Gasteiger partial charge in [0.15, 0.2) is 0 Å². The minimum Gasteiger partial charge on any atom is -0.349 e. The Balaban J connectivity index is 1.45. The van der Waals surface area contributed by atoms with Crippen molar-refractivity contribution in [3.63, 3.8) is 0 Å². The Bertz CT molecular complexity index is 682. The number of aryl methyl sites for hydroxylation is 1. The zero-order valence-electron chi connectivity index (χ0n) is 13.6. The third-order valence-electron chi connectivity index (χ3n) is 5.41. The fraction of sp³-hybridized carbons (Fsp3) is 0.556. The van der Waals surface area contributed by atoms with Crippen LogP contribution in [-0.2, 0) is 7.05 Å². The van der Waals surface area contributed by atoms with Crippen LogP contribution in [0.5, 0.6) is 0 Å². The number of hydrogen-bond acceptors (Lipinski definition) is 2. The van der Waals surface area contributed by atoms with Crippen molar-refractivity contribution in [1.29, 1.82) is 0 Å². The van der Waals surface area contributed by atoms with Gasteiger partial charge in [-0.2, -0.15) is 5.10 Å². The van der Waals surface area contributed by atoms with E-state index in [1.165, 1.54) is 32.1 Å². The highest BCUT2D eigenvalue weighted by atomic mass is 16.1. The van der Waals surface area contributed by atoms with E-state index in [0.29, 0.717) is 17.5 Å². The number of aromatic nitrogens is 3. The van der Waals surface area contributed by atoms with Crippen molar-refractivity contribution in [2.24, 2.45) is 18.9 Å². The smallest absolute Gasteiger partial charge is 0.256 e. The first-order valence-electron chi connectivity index (χ1n) is 8.70. The van der Waals surface area contributed by atoms with Crippen LogP contribution in [0.3, 0.4) is 0 Å². The highest BCUT2D eigenvalue weighted by molar-refractivity contribution is 5.97. The Labute approximate surface area is 136 Å². The number of nitrogens with zero attached hydrogens (tertiary/aromatic N) is 3. The van der Waals surface area contributed by atoms with Crippen LogP contribution in [0.1, 0.15) is 48.9 Å². The quantitative estimate of drug-likeness (QED) is 0.944. The summed E-state index contributed by atoms with van der Waals surface area (Å²) >= 11 is 0. The van der Waals surface area contributed by atoms with Crippen LogP contribution in [0, 0.1) is 11.8 Å². The van der Waals surface area contributed by atoms with Crippen molar-refractivity contribution in [1.82, 2.24) is 19.7 Å². The van der Waals surface area contributed by atoms with E-state index >= 15 is 0 Å². The molecule has 2 aromatic heterocycles. The fourth-order valence-electron chi connectivity index (χ4n) is 4.08. The molecule has 0 spiro atoms. The Hall–Kier alpha value is -2.04. The van der Waals surface area contributed by atoms with E-state index in [4.69, 9.17) is 0 Å². The molecule has 5 nitrogen and oxygen atoms in total. The summed E-state index contributed by atoms with van der Waals surface area (Å²) in [6.45, 7) is 0. The molecular formula is C18H24N4O. The van der Waals surface area contributed by atoms with Gasteiger partial charge >= 0.3 is 0 Å². The molecule has 2 aliphatic carbocycles. The van der Waals surface area contributed by atoms with Gasteiger partial charge in [-0.3, -0.25) is 9.48 Å². The lowest BCUT2D eigenvalue weighted by molar-refractivity contribution is 0.0946. The lowest BCUT2D eigenvalue weighted by Crippen LogP contribution is -2.29. The zero-order valence-corrected chi connectivity index (χ0v) is 13.6. The Morgan fingerprint density at radius 2 is 1.96 bits per heavy atom. The molecule has 2 aromatic rings. The van der Waals surface area contributed by atoms with Crippen molar-refractivity contribution in [2.75, 3.05) is 0 Å². The SMILES string of the molecule is Cn1ncc(C(=O)N[C@@H]2C[C@H]2C2CCCCC2)c1-n1cccc1.